The topological polar surface area (TPSA) is 9.23 Å². The van der Waals surface area contributed by atoms with E-state index >= 15 is 0 Å². The molecular formula is C6H14Br2OSi. The van der Waals surface area contributed by atoms with Crippen LogP contribution in [0.25, 0.3) is 0 Å². The van der Waals surface area contributed by atoms with Gasteiger partial charge in [-0.3, -0.25) is 0 Å². The number of halogens is 2. The first-order chi connectivity index (χ1) is 4.62. The molecule has 0 aromatic heterocycles. The predicted molar refractivity (Wildman–Crippen MR) is 54.9 cm³/mol. The van der Waals surface area contributed by atoms with E-state index in [2.05, 4.69) is 37.5 Å². The van der Waals surface area contributed by atoms with Crippen LogP contribution in [0.1, 0.15) is 26.7 Å². The molecule has 0 fully saturated rings. The van der Waals surface area contributed by atoms with Crippen LogP contribution in [-0.2, 0) is 4.43 Å². The Morgan fingerprint density at radius 3 is 2.30 bits per heavy atom. The minimum atomic E-state index is -1.60. The highest BCUT2D eigenvalue weighted by Crippen LogP contribution is 2.28. The summed E-state index contributed by atoms with van der Waals surface area (Å²) >= 11 is 7.15. The van der Waals surface area contributed by atoms with Crippen molar-refractivity contribution in [1.29, 1.82) is 0 Å². The van der Waals surface area contributed by atoms with Gasteiger partial charge in [0, 0.05) is 6.61 Å². The minimum absolute atomic E-state index is 0.798. The molecule has 0 radical (unpaired) electrons. The quantitative estimate of drug-likeness (QED) is 0.556. The predicted octanol–water partition coefficient (Wildman–Crippen LogP) is 3.55. The third-order valence-corrected chi connectivity index (χ3v) is 6.58. The number of unbranched alkanes of at least 4 members (excludes halogenated alkanes) is 1. The van der Waals surface area contributed by atoms with Crippen molar-refractivity contribution in [3.8, 4) is 0 Å². The van der Waals surface area contributed by atoms with Crippen LogP contribution >= 0.6 is 30.6 Å². The molecule has 0 saturated heterocycles. The van der Waals surface area contributed by atoms with Gasteiger partial charge in [0.25, 0.3) is 0 Å². The van der Waals surface area contributed by atoms with Crippen LogP contribution in [0, 0.1) is 0 Å². The van der Waals surface area contributed by atoms with Crippen molar-refractivity contribution in [2.75, 3.05) is 6.61 Å². The van der Waals surface area contributed by atoms with Gasteiger partial charge in [0.2, 0.25) is 0 Å². The van der Waals surface area contributed by atoms with E-state index in [0.717, 1.165) is 12.7 Å². The zero-order chi connectivity index (χ0) is 8.04. The van der Waals surface area contributed by atoms with E-state index in [0.29, 0.717) is 0 Å². The van der Waals surface area contributed by atoms with Crippen LogP contribution in [0.4, 0.5) is 0 Å². The van der Waals surface area contributed by atoms with Crippen molar-refractivity contribution < 1.29 is 4.43 Å². The average Bonchev–Trinajstić information content (AvgIpc) is 1.84. The number of hydrogen-bond acceptors (Lipinski definition) is 1. The lowest BCUT2D eigenvalue weighted by Gasteiger charge is -2.16. The molecule has 4 heteroatoms. The van der Waals surface area contributed by atoms with Gasteiger partial charge in [-0.05, 0) is 13.0 Å². The van der Waals surface area contributed by atoms with Gasteiger partial charge >= 0.3 is 5.56 Å². The Labute approximate surface area is 79.8 Å². The molecule has 0 atom stereocenters. The molecule has 0 amide bonds. The van der Waals surface area contributed by atoms with E-state index < -0.39 is 5.56 Å². The van der Waals surface area contributed by atoms with Crippen LogP contribution in [0.15, 0.2) is 0 Å². The minimum Gasteiger partial charge on any atom is -0.399 e. The normalized spacial score (nSPS) is 12.0. The standard InChI is InChI=1S/C6H14Br2OSi/c1-3-5-6-10(7,8)9-4-2/h3-6H2,1-2H3. The van der Waals surface area contributed by atoms with Gasteiger partial charge in [-0.15, -0.1) is 0 Å². The molecule has 0 aliphatic carbocycles. The molecule has 0 aliphatic rings. The SMILES string of the molecule is CCCC[Si](Br)(Br)OCC. The first kappa shape index (κ1) is 11.1. The molecular weight excluding hydrogens is 276 g/mol. The third kappa shape index (κ3) is 5.89. The fraction of sp³-hybridized carbons (Fsp3) is 1.00. The Morgan fingerprint density at radius 1 is 1.30 bits per heavy atom. The first-order valence-electron chi connectivity index (χ1n) is 3.64. The smallest absolute Gasteiger partial charge is 0.336 e. The second-order valence-electron chi connectivity index (χ2n) is 2.17. The summed E-state index contributed by atoms with van der Waals surface area (Å²) in [6.45, 7) is 5.01. The second-order valence-corrected chi connectivity index (χ2v) is 15.1. The molecule has 1 nitrogen and oxygen atoms in total. The van der Waals surface area contributed by atoms with Crippen LogP contribution < -0.4 is 0 Å². The number of rotatable bonds is 5. The Balaban J connectivity index is 3.42. The molecule has 62 valence electrons. The molecule has 0 N–H and O–H groups in total. The van der Waals surface area contributed by atoms with Gasteiger partial charge in [-0.25, -0.2) is 0 Å². The van der Waals surface area contributed by atoms with Crippen molar-refractivity contribution in [3.63, 3.8) is 0 Å². The molecule has 0 aliphatic heterocycles. The molecule has 10 heavy (non-hydrogen) atoms. The molecule has 0 unspecified atom stereocenters. The number of hydrogen-bond donors (Lipinski definition) is 0. The summed E-state index contributed by atoms with van der Waals surface area (Å²) in [6.07, 6.45) is 2.47. The highest BCUT2D eigenvalue weighted by atomic mass is 79.9. The lowest BCUT2D eigenvalue weighted by Crippen LogP contribution is -2.22. The van der Waals surface area contributed by atoms with Crippen LogP contribution in [0.3, 0.4) is 0 Å². The largest absolute Gasteiger partial charge is 0.399 e. The molecule has 0 bridgehead atoms. The lowest BCUT2D eigenvalue weighted by molar-refractivity contribution is 0.351. The van der Waals surface area contributed by atoms with E-state index in [1.54, 1.807) is 0 Å². The van der Waals surface area contributed by atoms with E-state index in [9.17, 15) is 0 Å². The van der Waals surface area contributed by atoms with Crippen LogP contribution in [-0.4, -0.2) is 12.2 Å². The summed E-state index contributed by atoms with van der Waals surface area (Å²) in [6, 6.07) is 1.15. The van der Waals surface area contributed by atoms with Crippen molar-refractivity contribution in [2.45, 2.75) is 32.7 Å². The highest BCUT2D eigenvalue weighted by Gasteiger charge is 2.26. The monoisotopic (exact) mass is 288 g/mol. The van der Waals surface area contributed by atoms with E-state index in [1.807, 2.05) is 6.92 Å². The summed E-state index contributed by atoms with van der Waals surface area (Å²) in [5.74, 6) is 0. The summed E-state index contributed by atoms with van der Waals surface area (Å²) in [4.78, 5) is 0. The van der Waals surface area contributed by atoms with E-state index in [4.69, 9.17) is 4.43 Å². The van der Waals surface area contributed by atoms with Gasteiger partial charge in [-0.1, -0.05) is 50.4 Å². The summed E-state index contributed by atoms with van der Waals surface area (Å²) < 4.78 is 5.50. The van der Waals surface area contributed by atoms with Gasteiger partial charge in [0.15, 0.2) is 0 Å². The van der Waals surface area contributed by atoms with Gasteiger partial charge in [0.1, 0.15) is 0 Å². The first-order valence-corrected chi connectivity index (χ1v) is 10.3. The third-order valence-electron chi connectivity index (χ3n) is 1.18. The average molecular weight is 290 g/mol. The van der Waals surface area contributed by atoms with Crippen molar-refractivity contribution in [1.82, 2.24) is 0 Å². The van der Waals surface area contributed by atoms with Crippen LogP contribution in [0.2, 0.25) is 6.04 Å². The molecule has 0 aromatic carbocycles. The molecule has 0 spiro atoms. The van der Waals surface area contributed by atoms with E-state index in [-0.39, 0.29) is 0 Å². The zero-order valence-electron chi connectivity index (χ0n) is 6.49. The van der Waals surface area contributed by atoms with Crippen molar-refractivity contribution in [3.05, 3.63) is 0 Å². The van der Waals surface area contributed by atoms with Gasteiger partial charge < -0.3 is 4.43 Å². The molecule has 0 aromatic rings. The fourth-order valence-corrected chi connectivity index (χ4v) is 5.05. The summed E-state index contributed by atoms with van der Waals surface area (Å²) in [5, 5.41) is 0. The zero-order valence-corrected chi connectivity index (χ0v) is 10.7. The van der Waals surface area contributed by atoms with E-state index in [1.165, 1.54) is 12.8 Å². The summed E-state index contributed by atoms with van der Waals surface area (Å²) in [5.41, 5.74) is -1.60. The molecule has 0 rings (SSSR count). The molecule has 0 saturated carbocycles. The Morgan fingerprint density at radius 2 is 1.90 bits per heavy atom. The maximum atomic E-state index is 5.50. The van der Waals surface area contributed by atoms with Crippen molar-refractivity contribution >= 4 is 36.1 Å². The summed E-state index contributed by atoms with van der Waals surface area (Å²) in [7, 11) is 0. The second kappa shape index (κ2) is 5.74. The maximum absolute atomic E-state index is 5.50. The Bertz CT molecular complexity index is 87.8. The van der Waals surface area contributed by atoms with Gasteiger partial charge in [-0.2, -0.15) is 0 Å². The van der Waals surface area contributed by atoms with Gasteiger partial charge in [0.05, 0.1) is 0 Å². The Kier molecular flexibility index (Phi) is 6.40. The maximum Gasteiger partial charge on any atom is 0.336 e. The highest BCUT2D eigenvalue weighted by molar-refractivity contribution is 9.50. The molecule has 0 heterocycles. The fourth-order valence-electron chi connectivity index (χ4n) is 0.666. The van der Waals surface area contributed by atoms with Crippen molar-refractivity contribution in [2.24, 2.45) is 0 Å². The van der Waals surface area contributed by atoms with Crippen LogP contribution in [0.5, 0.6) is 0 Å². The Hall–Kier alpha value is 1.14. The lowest BCUT2D eigenvalue weighted by atomic mass is 10.4.